The molecule has 1 saturated carbocycles. The van der Waals surface area contributed by atoms with Crippen LogP contribution in [0.5, 0.6) is 5.88 Å². The summed E-state index contributed by atoms with van der Waals surface area (Å²) >= 11 is 0. The van der Waals surface area contributed by atoms with E-state index in [0.29, 0.717) is 6.10 Å². The molecule has 2 rings (SSSR count). The van der Waals surface area contributed by atoms with Crippen molar-refractivity contribution < 1.29 is 4.74 Å². The van der Waals surface area contributed by atoms with Crippen molar-refractivity contribution in [3.8, 4) is 5.88 Å². The highest BCUT2D eigenvalue weighted by atomic mass is 16.5. The Kier molecular flexibility index (Phi) is 11.3. The lowest BCUT2D eigenvalue weighted by atomic mass is 9.96. The van der Waals surface area contributed by atoms with Gasteiger partial charge in [0.15, 0.2) is 0 Å². The van der Waals surface area contributed by atoms with Gasteiger partial charge in [-0.05, 0) is 32.1 Å². The van der Waals surface area contributed by atoms with Crippen molar-refractivity contribution >= 4 is 5.95 Å². The Hall–Kier alpha value is -1.32. The molecular formula is C24H43N3O. The minimum Gasteiger partial charge on any atom is -0.474 e. The van der Waals surface area contributed by atoms with E-state index in [1.807, 2.05) is 19.0 Å². The standard InChI is InChI=1S/C24H43N3O/c1-4-5-6-7-8-9-10-11-12-13-14-15-17-21-20-23(28-22-18-16-19-22)26-24(25-21)27(2)3/h20,22H,4-19H2,1-3H3. The molecule has 1 heterocycles. The molecule has 1 aromatic heterocycles. The van der Waals surface area contributed by atoms with Crippen LogP contribution in [-0.2, 0) is 6.42 Å². The van der Waals surface area contributed by atoms with Gasteiger partial charge in [-0.25, -0.2) is 4.98 Å². The second kappa shape index (κ2) is 13.8. The lowest BCUT2D eigenvalue weighted by Crippen LogP contribution is -2.25. The van der Waals surface area contributed by atoms with Gasteiger partial charge in [-0.15, -0.1) is 0 Å². The van der Waals surface area contributed by atoms with Crippen molar-refractivity contribution in [3.05, 3.63) is 11.8 Å². The molecule has 0 bridgehead atoms. The van der Waals surface area contributed by atoms with E-state index in [4.69, 9.17) is 9.72 Å². The van der Waals surface area contributed by atoms with E-state index in [2.05, 4.69) is 18.0 Å². The van der Waals surface area contributed by atoms with E-state index in [1.165, 1.54) is 83.5 Å². The Morgan fingerprint density at radius 1 is 0.857 bits per heavy atom. The van der Waals surface area contributed by atoms with Crippen molar-refractivity contribution in [3.63, 3.8) is 0 Å². The Morgan fingerprint density at radius 2 is 1.43 bits per heavy atom. The van der Waals surface area contributed by atoms with Crippen LogP contribution in [0, 0.1) is 0 Å². The van der Waals surface area contributed by atoms with Gasteiger partial charge in [0.05, 0.1) is 0 Å². The maximum absolute atomic E-state index is 6.02. The molecule has 28 heavy (non-hydrogen) atoms. The third-order valence-electron chi connectivity index (χ3n) is 5.77. The Morgan fingerprint density at radius 3 is 1.93 bits per heavy atom. The first kappa shape index (κ1) is 23.0. The molecule has 0 radical (unpaired) electrons. The highest BCUT2D eigenvalue weighted by molar-refractivity contribution is 5.32. The van der Waals surface area contributed by atoms with Gasteiger partial charge in [0.25, 0.3) is 0 Å². The maximum atomic E-state index is 6.02. The second-order valence-electron chi connectivity index (χ2n) is 8.70. The molecule has 1 fully saturated rings. The fourth-order valence-corrected chi connectivity index (χ4v) is 3.65. The summed E-state index contributed by atoms with van der Waals surface area (Å²) in [6.45, 7) is 2.29. The molecule has 0 saturated heterocycles. The van der Waals surface area contributed by atoms with Crippen molar-refractivity contribution in [1.82, 2.24) is 9.97 Å². The summed E-state index contributed by atoms with van der Waals surface area (Å²) in [6.07, 6.45) is 21.6. The van der Waals surface area contributed by atoms with Crippen LogP contribution < -0.4 is 9.64 Å². The molecule has 4 heteroatoms. The smallest absolute Gasteiger partial charge is 0.228 e. The van der Waals surface area contributed by atoms with Gasteiger partial charge in [-0.1, -0.05) is 77.6 Å². The topological polar surface area (TPSA) is 38.2 Å². The number of nitrogens with zero attached hydrogens (tertiary/aromatic N) is 3. The summed E-state index contributed by atoms with van der Waals surface area (Å²) in [7, 11) is 3.99. The van der Waals surface area contributed by atoms with Crippen LogP contribution >= 0.6 is 0 Å². The van der Waals surface area contributed by atoms with Gasteiger partial charge in [0.1, 0.15) is 6.10 Å². The predicted molar refractivity (Wildman–Crippen MR) is 119 cm³/mol. The molecule has 1 aliphatic rings. The van der Waals surface area contributed by atoms with E-state index in [-0.39, 0.29) is 0 Å². The SMILES string of the molecule is CCCCCCCCCCCCCCc1cc(OC2CCC2)nc(N(C)C)n1. The number of hydrogen-bond acceptors (Lipinski definition) is 4. The zero-order valence-corrected chi connectivity index (χ0v) is 18.7. The van der Waals surface area contributed by atoms with Crippen LogP contribution in [0.25, 0.3) is 0 Å². The van der Waals surface area contributed by atoms with Crippen LogP contribution in [0.3, 0.4) is 0 Å². The molecule has 0 N–H and O–H groups in total. The van der Waals surface area contributed by atoms with E-state index < -0.39 is 0 Å². The van der Waals surface area contributed by atoms with Crippen molar-refractivity contribution in [1.29, 1.82) is 0 Å². The third kappa shape index (κ3) is 9.25. The molecule has 0 aliphatic heterocycles. The molecule has 1 aromatic rings. The Labute approximate surface area is 173 Å². The minimum atomic E-state index is 0.365. The molecule has 0 unspecified atom stereocenters. The van der Waals surface area contributed by atoms with Crippen LogP contribution in [-0.4, -0.2) is 30.2 Å². The summed E-state index contributed by atoms with van der Waals surface area (Å²) < 4.78 is 6.02. The number of anilines is 1. The largest absolute Gasteiger partial charge is 0.474 e. The number of unbranched alkanes of at least 4 members (excludes halogenated alkanes) is 11. The third-order valence-corrected chi connectivity index (χ3v) is 5.77. The summed E-state index contributed by atoms with van der Waals surface area (Å²) in [6, 6.07) is 2.06. The van der Waals surface area contributed by atoms with Gasteiger partial charge in [0, 0.05) is 25.9 Å². The predicted octanol–water partition coefficient (Wildman–Crippen LogP) is 6.72. The monoisotopic (exact) mass is 389 g/mol. The van der Waals surface area contributed by atoms with Crippen LogP contribution in [0.15, 0.2) is 6.07 Å². The lowest BCUT2D eigenvalue weighted by molar-refractivity contribution is 0.114. The first-order valence-corrected chi connectivity index (χ1v) is 11.9. The molecule has 0 aromatic carbocycles. The molecule has 0 amide bonds. The molecule has 160 valence electrons. The summed E-state index contributed by atoms with van der Waals surface area (Å²) in [5.74, 6) is 1.53. The fraction of sp³-hybridized carbons (Fsp3) is 0.833. The fourth-order valence-electron chi connectivity index (χ4n) is 3.65. The highest BCUT2D eigenvalue weighted by Gasteiger charge is 2.20. The number of rotatable bonds is 16. The molecule has 1 aliphatic carbocycles. The maximum Gasteiger partial charge on any atom is 0.228 e. The van der Waals surface area contributed by atoms with Crippen molar-refractivity contribution in [2.75, 3.05) is 19.0 Å². The summed E-state index contributed by atoms with van der Waals surface area (Å²) in [5, 5.41) is 0. The summed E-state index contributed by atoms with van der Waals surface area (Å²) in [5.41, 5.74) is 1.13. The van der Waals surface area contributed by atoms with Crippen molar-refractivity contribution in [2.24, 2.45) is 0 Å². The van der Waals surface area contributed by atoms with Crippen LogP contribution in [0.2, 0.25) is 0 Å². The molecule has 0 spiro atoms. The molecular weight excluding hydrogens is 346 g/mol. The summed E-state index contributed by atoms with van der Waals surface area (Å²) in [4.78, 5) is 11.2. The van der Waals surface area contributed by atoms with Gasteiger partial charge in [-0.2, -0.15) is 4.98 Å². The first-order valence-electron chi connectivity index (χ1n) is 11.9. The zero-order chi connectivity index (χ0) is 20.0. The average Bonchev–Trinajstić information content (AvgIpc) is 2.65. The molecule has 0 atom stereocenters. The quantitative estimate of drug-likeness (QED) is 0.294. The minimum absolute atomic E-state index is 0.365. The lowest BCUT2D eigenvalue weighted by Gasteiger charge is -2.26. The van der Waals surface area contributed by atoms with Gasteiger partial charge >= 0.3 is 0 Å². The molecule has 4 nitrogen and oxygen atoms in total. The van der Waals surface area contributed by atoms with E-state index in [9.17, 15) is 0 Å². The van der Waals surface area contributed by atoms with Crippen LogP contribution in [0.1, 0.15) is 109 Å². The number of ether oxygens (including phenoxy) is 1. The van der Waals surface area contributed by atoms with E-state index in [0.717, 1.165) is 36.8 Å². The van der Waals surface area contributed by atoms with Gasteiger partial charge in [-0.3, -0.25) is 0 Å². The van der Waals surface area contributed by atoms with Gasteiger partial charge < -0.3 is 9.64 Å². The zero-order valence-electron chi connectivity index (χ0n) is 18.7. The first-order chi connectivity index (χ1) is 13.7. The highest BCUT2D eigenvalue weighted by Crippen LogP contribution is 2.25. The number of aryl methyl sites for hydroxylation is 1. The Bertz CT molecular complexity index is 529. The van der Waals surface area contributed by atoms with E-state index in [1.54, 1.807) is 0 Å². The number of aromatic nitrogens is 2. The Balaban J connectivity index is 1.57. The number of hydrogen-bond donors (Lipinski definition) is 0. The average molecular weight is 390 g/mol. The van der Waals surface area contributed by atoms with Crippen LogP contribution in [0.4, 0.5) is 5.95 Å². The van der Waals surface area contributed by atoms with Gasteiger partial charge in [0.2, 0.25) is 11.8 Å². The second-order valence-corrected chi connectivity index (χ2v) is 8.70. The van der Waals surface area contributed by atoms with E-state index >= 15 is 0 Å². The van der Waals surface area contributed by atoms with Crippen molar-refractivity contribution in [2.45, 2.75) is 116 Å². The normalized spacial score (nSPS) is 14.1.